The van der Waals surface area contributed by atoms with Crippen molar-refractivity contribution in [2.75, 3.05) is 20.2 Å². The lowest BCUT2D eigenvalue weighted by Crippen LogP contribution is -2.41. The van der Waals surface area contributed by atoms with Gasteiger partial charge >= 0.3 is 6.09 Å². The van der Waals surface area contributed by atoms with Crippen LogP contribution in [0.15, 0.2) is 12.1 Å². The number of ether oxygens (including phenoxy) is 2. The number of rotatable bonds is 2. The molecule has 1 aliphatic heterocycles. The van der Waals surface area contributed by atoms with E-state index in [2.05, 4.69) is 6.92 Å². The quantitative estimate of drug-likeness (QED) is 0.779. The van der Waals surface area contributed by atoms with Crippen LogP contribution in [0, 0.1) is 6.92 Å². The molecule has 0 bridgehead atoms. The van der Waals surface area contributed by atoms with E-state index >= 15 is 0 Å². The Morgan fingerprint density at radius 1 is 1.26 bits per heavy atom. The molecule has 1 aromatic carbocycles. The third-order valence-corrected chi connectivity index (χ3v) is 4.42. The highest BCUT2D eigenvalue weighted by molar-refractivity contribution is 6.32. The van der Waals surface area contributed by atoms with Crippen LogP contribution in [0.5, 0.6) is 5.75 Å². The van der Waals surface area contributed by atoms with E-state index in [1.807, 2.05) is 32.9 Å². The van der Waals surface area contributed by atoms with E-state index in [4.69, 9.17) is 21.1 Å². The predicted molar refractivity (Wildman–Crippen MR) is 92.5 cm³/mol. The van der Waals surface area contributed by atoms with Gasteiger partial charge in [0.1, 0.15) is 11.4 Å². The van der Waals surface area contributed by atoms with Crippen molar-refractivity contribution < 1.29 is 14.3 Å². The molecule has 0 radical (unpaired) electrons. The fourth-order valence-corrected chi connectivity index (χ4v) is 3.26. The van der Waals surface area contributed by atoms with E-state index in [1.54, 1.807) is 12.0 Å². The largest absolute Gasteiger partial charge is 0.495 e. The highest BCUT2D eigenvalue weighted by atomic mass is 35.5. The van der Waals surface area contributed by atoms with Crippen LogP contribution in [0.4, 0.5) is 4.79 Å². The molecule has 0 N–H and O–H groups in total. The molecule has 23 heavy (non-hydrogen) atoms. The molecule has 0 unspecified atom stereocenters. The number of benzene rings is 1. The summed E-state index contributed by atoms with van der Waals surface area (Å²) in [5.74, 6) is 1.13. The molecule has 1 fully saturated rings. The van der Waals surface area contributed by atoms with E-state index in [-0.39, 0.29) is 6.09 Å². The topological polar surface area (TPSA) is 38.8 Å². The first-order valence-electron chi connectivity index (χ1n) is 8.03. The number of hydrogen-bond donors (Lipinski definition) is 0. The molecule has 128 valence electrons. The second-order valence-corrected chi connectivity index (χ2v) is 7.49. The minimum absolute atomic E-state index is 0.221. The van der Waals surface area contributed by atoms with Gasteiger partial charge in [0.25, 0.3) is 0 Å². The van der Waals surface area contributed by atoms with Gasteiger partial charge in [-0.05, 0) is 69.7 Å². The second-order valence-electron chi connectivity index (χ2n) is 7.09. The van der Waals surface area contributed by atoms with Crippen LogP contribution in [0.2, 0.25) is 5.02 Å². The van der Waals surface area contributed by atoms with Crippen LogP contribution in [0.1, 0.15) is 50.7 Å². The molecule has 0 spiro atoms. The minimum Gasteiger partial charge on any atom is -0.495 e. The SMILES string of the molecule is COc1cc(C2CCN(C(=O)OC(C)(C)C)CC2)c(C)cc1Cl. The number of hydrogen-bond acceptors (Lipinski definition) is 3. The lowest BCUT2D eigenvalue weighted by molar-refractivity contribution is 0.0204. The van der Waals surface area contributed by atoms with Crippen LogP contribution in [0.25, 0.3) is 0 Å². The Bertz CT molecular complexity index is 572. The Morgan fingerprint density at radius 2 is 1.87 bits per heavy atom. The average Bonchev–Trinajstić information content (AvgIpc) is 2.46. The summed E-state index contributed by atoms with van der Waals surface area (Å²) < 4.78 is 10.8. The number of methoxy groups -OCH3 is 1. The van der Waals surface area contributed by atoms with Crippen LogP contribution in [0.3, 0.4) is 0 Å². The summed E-state index contributed by atoms with van der Waals surface area (Å²) in [6, 6.07) is 3.99. The lowest BCUT2D eigenvalue weighted by Gasteiger charge is -2.34. The number of nitrogens with zero attached hydrogens (tertiary/aromatic N) is 1. The van der Waals surface area contributed by atoms with Crippen molar-refractivity contribution in [3.05, 3.63) is 28.3 Å². The molecule has 1 saturated heterocycles. The fraction of sp³-hybridized carbons (Fsp3) is 0.611. The van der Waals surface area contributed by atoms with Gasteiger partial charge in [0.2, 0.25) is 0 Å². The number of carbonyl (C=O) groups excluding carboxylic acids is 1. The molecule has 5 heteroatoms. The molecule has 1 heterocycles. The molecule has 2 rings (SSSR count). The molecule has 4 nitrogen and oxygen atoms in total. The van der Waals surface area contributed by atoms with E-state index in [0.717, 1.165) is 12.8 Å². The molecular formula is C18H26ClNO3. The van der Waals surface area contributed by atoms with Crippen LogP contribution in [-0.4, -0.2) is 36.8 Å². The molecule has 1 aliphatic rings. The van der Waals surface area contributed by atoms with E-state index in [0.29, 0.717) is 29.8 Å². The van der Waals surface area contributed by atoms with E-state index < -0.39 is 5.60 Å². The van der Waals surface area contributed by atoms with Crippen molar-refractivity contribution in [1.29, 1.82) is 0 Å². The zero-order chi connectivity index (χ0) is 17.2. The Kier molecular flexibility index (Phi) is 5.45. The van der Waals surface area contributed by atoms with E-state index in [9.17, 15) is 4.79 Å². The maximum Gasteiger partial charge on any atom is 0.410 e. The van der Waals surface area contributed by atoms with Crippen molar-refractivity contribution in [2.24, 2.45) is 0 Å². The Labute approximate surface area is 143 Å². The molecule has 0 saturated carbocycles. The maximum atomic E-state index is 12.1. The fourth-order valence-electron chi connectivity index (χ4n) is 2.96. The standard InChI is InChI=1S/C18H26ClNO3/c1-12-10-15(19)16(22-5)11-14(12)13-6-8-20(9-7-13)17(21)23-18(2,3)4/h10-11,13H,6-9H2,1-5H3. The Hall–Kier alpha value is -1.42. The zero-order valence-electron chi connectivity index (χ0n) is 14.6. The summed E-state index contributed by atoms with van der Waals surface area (Å²) in [5.41, 5.74) is 1.98. The second kappa shape index (κ2) is 7.00. The normalized spacial score (nSPS) is 16.3. The van der Waals surface area contributed by atoms with Crippen LogP contribution in [-0.2, 0) is 4.74 Å². The minimum atomic E-state index is -0.450. The van der Waals surface area contributed by atoms with Gasteiger partial charge in [0, 0.05) is 13.1 Å². The van der Waals surface area contributed by atoms with Crippen molar-refractivity contribution in [2.45, 2.75) is 52.1 Å². The summed E-state index contributed by atoms with van der Waals surface area (Å²) in [7, 11) is 1.63. The van der Waals surface area contributed by atoms with Gasteiger partial charge in [-0.15, -0.1) is 0 Å². The first-order valence-corrected chi connectivity index (χ1v) is 8.41. The monoisotopic (exact) mass is 339 g/mol. The smallest absolute Gasteiger partial charge is 0.410 e. The summed E-state index contributed by atoms with van der Waals surface area (Å²) in [4.78, 5) is 13.9. The Morgan fingerprint density at radius 3 is 2.39 bits per heavy atom. The molecule has 0 aliphatic carbocycles. The number of amides is 1. The number of likely N-dealkylation sites (tertiary alicyclic amines) is 1. The summed E-state index contributed by atoms with van der Waals surface area (Å²) in [6.45, 7) is 9.16. The molecule has 1 aromatic rings. The van der Waals surface area contributed by atoms with Crippen molar-refractivity contribution >= 4 is 17.7 Å². The van der Waals surface area contributed by atoms with Gasteiger partial charge in [-0.2, -0.15) is 0 Å². The highest BCUT2D eigenvalue weighted by Crippen LogP contribution is 2.36. The number of halogens is 1. The van der Waals surface area contributed by atoms with E-state index in [1.165, 1.54) is 11.1 Å². The molecule has 0 atom stereocenters. The number of carbonyl (C=O) groups is 1. The van der Waals surface area contributed by atoms with Gasteiger partial charge in [0.15, 0.2) is 0 Å². The van der Waals surface area contributed by atoms with Crippen molar-refractivity contribution in [3.63, 3.8) is 0 Å². The first kappa shape index (κ1) is 17.9. The summed E-state index contributed by atoms with van der Waals surface area (Å²) in [5, 5.41) is 0.639. The van der Waals surface area contributed by atoms with Crippen LogP contribution < -0.4 is 4.74 Å². The van der Waals surface area contributed by atoms with Gasteiger partial charge < -0.3 is 14.4 Å². The van der Waals surface area contributed by atoms with Crippen molar-refractivity contribution in [1.82, 2.24) is 4.90 Å². The third kappa shape index (κ3) is 4.54. The maximum absolute atomic E-state index is 12.1. The summed E-state index contributed by atoms with van der Waals surface area (Å²) >= 11 is 6.17. The van der Waals surface area contributed by atoms with Crippen molar-refractivity contribution in [3.8, 4) is 5.75 Å². The average molecular weight is 340 g/mol. The highest BCUT2D eigenvalue weighted by Gasteiger charge is 2.28. The van der Waals surface area contributed by atoms with Crippen LogP contribution >= 0.6 is 11.6 Å². The number of aryl methyl sites for hydroxylation is 1. The third-order valence-electron chi connectivity index (χ3n) is 4.13. The lowest BCUT2D eigenvalue weighted by atomic mass is 9.87. The van der Waals surface area contributed by atoms with Gasteiger partial charge in [-0.3, -0.25) is 0 Å². The van der Waals surface area contributed by atoms with Gasteiger partial charge in [-0.25, -0.2) is 4.79 Å². The predicted octanol–water partition coefficient (Wildman–Crippen LogP) is 4.77. The summed E-state index contributed by atoms with van der Waals surface area (Å²) in [6.07, 6.45) is 1.62. The zero-order valence-corrected chi connectivity index (χ0v) is 15.4. The first-order chi connectivity index (χ1) is 10.7. The van der Waals surface area contributed by atoms with Gasteiger partial charge in [0.05, 0.1) is 12.1 Å². The molecular weight excluding hydrogens is 314 g/mol. The Balaban J connectivity index is 2.03. The van der Waals surface area contributed by atoms with Gasteiger partial charge in [-0.1, -0.05) is 11.6 Å². The molecule has 0 aromatic heterocycles. The number of piperidine rings is 1. The molecule has 1 amide bonds.